The van der Waals surface area contributed by atoms with Crippen LogP contribution < -0.4 is 10.1 Å². The molecule has 33 heavy (non-hydrogen) atoms. The van der Waals surface area contributed by atoms with E-state index in [1.165, 1.54) is 4.90 Å². The number of rotatable bonds is 8. The molecule has 2 heterocycles. The molecule has 0 radical (unpaired) electrons. The Morgan fingerprint density at radius 3 is 2.52 bits per heavy atom. The van der Waals surface area contributed by atoms with Gasteiger partial charge < -0.3 is 10.1 Å². The Kier molecular flexibility index (Phi) is 6.53. The van der Waals surface area contributed by atoms with Crippen LogP contribution in [0.3, 0.4) is 0 Å². The number of carbonyl (C=O) groups is 3. The zero-order chi connectivity index (χ0) is 23.4. The molecule has 0 bridgehead atoms. The van der Waals surface area contributed by atoms with Gasteiger partial charge in [-0.3, -0.25) is 19.3 Å². The quantitative estimate of drug-likeness (QED) is 0.424. The van der Waals surface area contributed by atoms with Gasteiger partial charge in [-0.15, -0.1) is 0 Å². The Labute approximate surface area is 192 Å². The highest BCUT2D eigenvalue weighted by Gasteiger charge is 2.28. The molecule has 0 saturated carbocycles. The van der Waals surface area contributed by atoms with Gasteiger partial charge in [-0.2, -0.15) is 5.10 Å². The number of nitrogens with one attached hydrogen (secondary N) is 1. The maximum absolute atomic E-state index is 13.1. The Bertz CT molecular complexity index is 1170. The molecule has 1 saturated heterocycles. The highest BCUT2D eigenvalue weighted by atomic mass is 16.5. The number of nitrogens with zero attached hydrogens (tertiary/aromatic N) is 3. The zero-order valence-corrected chi connectivity index (χ0v) is 18.7. The third-order valence-corrected chi connectivity index (χ3v) is 5.60. The SMILES string of the molecule is COc1cccc(-c2nn(-c3ccc(C)cc3)cc2C(=O)NCCCN2C(=O)CCC2=O)c1. The van der Waals surface area contributed by atoms with Crippen molar-refractivity contribution < 1.29 is 19.1 Å². The number of hydrogen-bond acceptors (Lipinski definition) is 5. The standard InChI is InChI=1S/C25H26N4O4/c1-17-7-9-19(10-8-17)29-16-21(24(27-29)18-5-3-6-20(15-18)33-2)25(32)26-13-4-14-28-22(30)11-12-23(28)31/h3,5-10,15-16H,4,11-14H2,1-2H3,(H,26,32). The Morgan fingerprint density at radius 2 is 1.82 bits per heavy atom. The van der Waals surface area contributed by atoms with E-state index in [9.17, 15) is 14.4 Å². The number of amides is 3. The first-order valence-corrected chi connectivity index (χ1v) is 10.9. The van der Waals surface area contributed by atoms with Crippen LogP contribution in [0.2, 0.25) is 0 Å². The number of aryl methyl sites for hydroxylation is 1. The summed E-state index contributed by atoms with van der Waals surface area (Å²) < 4.78 is 7.02. The molecular weight excluding hydrogens is 420 g/mol. The van der Waals surface area contributed by atoms with Crippen LogP contribution in [0.15, 0.2) is 54.7 Å². The highest BCUT2D eigenvalue weighted by molar-refractivity contribution is 6.02. The van der Waals surface area contributed by atoms with Crippen LogP contribution in [0, 0.1) is 6.92 Å². The second kappa shape index (κ2) is 9.68. The molecular formula is C25H26N4O4. The molecule has 0 aliphatic carbocycles. The lowest BCUT2D eigenvalue weighted by molar-refractivity contribution is -0.138. The first kappa shape index (κ1) is 22.3. The summed E-state index contributed by atoms with van der Waals surface area (Å²) in [5.74, 6) is 0.103. The smallest absolute Gasteiger partial charge is 0.255 e. The fraction of sp³-hybridized carbons (Fsp3) is 0.280. The van der Waals surface area contributed by atoms with Crippen molar-refractivity contribution in [2.75, 3.05) is 20.2 Å². The van der Waals surface area contributed by atoms with Crippen LogP contribution in [0.25, 0.3) is 16.9 Å². The molecule has 3 aromatic rings. The number of benzene rings is 2. The van der Waals surface area contributed by atoms with Gasteiger partial charge in [0.15, 0.2) is 0 Å². The van der Waals surface area contributed by atoms with E-state index in [0.717, 1.165) is 16.8 Å². The van der Waals surface area contributed by atoms with Gasteiger partial charge in [-0.05, 0) is 37.6 Å². The summed E-state index contributed by atoms with van der Waals surface area (Å²) in [6.07, 6.45) is 2.74. The van der Waals surface area contributed by atoms with E-state index in [2.05, 4.69) is 5.32 Å². The minimum atomic E-state index is -0.273. The van der Waals surface area contributed by atoms with Gasteiger partial charge in [0.2, 0.25) is 11.8 Å². The van der Waals surface area contributed by atoms with Crippen LogP contribution in [0.4, 0.5) is 0 Å². The number of imide groups is 1. The first-order valence-electron chi connectivity index (χ1n) is 10.9. The fourth-order valence-corrected chi connectivity index (χ4v) is 3.76. The van der Waals surface area contributed by atoms with Crippen LogP contribution in [0.1, 0.15) is 35.2 Å². The maximum Gasteiger partial charge on any atom is 0.255 e. The van der Waals surface area contributed by atoms with Gasteiger partial charge in [0.25, 0.3) is 5.91 Å². The second-order valence-corrected chi connectivity index (χ2v) is 7.95. The lowest BCUT2D eigenvalue weighted by Crippen LogP contribution is -2.33. The van der Waals surface area contributed by atoms with Crippen molar-refractivity contribution in [1.29, 1.82) is 0 Å². The molecule has 1 fully saturated rings. The molecule has 2 aromatic carbocycles. The van der Waals surface area contributed by atoms with Gasteiger partial charge >= 0.3 is 0 Å². The Balaban J connectivity index is 1.54. The van der Waals surface area contributed by atoms with Crippen molar-refractivity contribution in [1.82, 2.24) is 20.0 Å². The topological polar surface area (TPSA) is 93.5 Å². The van der Waals surface area contributed by atoms with Crippen molar-refractivity contribution in [2.45, 2.75) is 26.2 Å². The molecule has 1 aliphatic rings. The summed E-state index contributed by atoms with van der Waals surface area (Å²) in [5.41, 5.74) is 3.70. The molecule has 1 aromatic heterocycles. The van der Waals surface area contributed by atoms with Gasteiger partial charge in [0, 0.05) is 37.7 Å². The summed E-state index contributed by atoms with van der Waals surface area (Å²) in [6, 6.07) is 15.3. The van der Waals surface area contributed by atoms with Crippen molar-refractivity contribution in [3.8, 4) is 22.7 Å². The summed E-state index contributed by atoms with van der Waals surface area (Å²) in [6.45, 7) is 2.66. The third kappa shape index (κ3) is 4.95. The molecule has 8 nitrogen and oxygen atoms in total. The number of likely N-dealkylation sites (tertiary alicyclic amines) is 1. The van der Waals surface area contributed by atoms with Crippen molar-refractivity contribution in [3.63, 3.8) is 0 Å². The minimum absolute atomic E-state index is 0.147. The van der Waals surface area contributed by atoms with Gasteiger partial charge in [0.1, 0.15) is 11.4 Å². The van der Waals surface area contributed by atoms with Crippen molar-refractivity contribution >= 4 is 17.7 Å². The van der Waals surface area contributed by atoms with E-state index in [4.69, 9.17) is 9.84 Å². The predicted octanol–water partition coefficient (Wildman–Crippen LogP) is 3.13. The maximum atomic E-state index is 13.1. The van der Waals surface area contributed by atoms with E-state index in [-0.39, 0.29) is 30.6 Å². The van der Waals surface area contributed by atoms with Gasteiger partial charge in [-0.1, -0.05) is 29.8 Å². The minimum Gasteiger partial charge on any atom is -0.497 e. The highest BCUT2D eigenvalue weighted by Crippen LogP contribution is 2.27. The van der Waals surface area contributed by atoms with Crippen LogP contribution in [0.5, 0.6) is 5.75 Å². The number of aromatic nitrogens is 2. The molecule has 3 amide bonds. The number of carbonyl (C=O) groups excluding carboxylic acids is 3. The molecule has 0 unspecified atom stereocenters. The molecule has 1 aliphatic heterocycles. The fourth-order valence-electron chi connectivity index (χ4n) is 3.76. The summed E-state index contributed by atoms with van der Waals surface area (Å²) in [4.78, 5) is 37.8. The summed E-state index contributed by atoms with van der Waals surface area (Å²) in [5, 5.41) is 7.58. The monoisotopic (exact) mass is 446 g/mol. The average molecular weight is 447 g/mol. The third-order valence-electron chi connectivity index (χ3n) is 5.60. The zero-order valence-electron chi connectivity index (χ0n) is 18.7. The van der Waals surface area contributed by atoms with E-state index < -0.39 is 0 Å². The van der Waals surface area contributed by atoms with Crippen LogP contribution >= 0.6 is 0 Å². The van der Waals surface area contributed by atoms with E-state index in [1.54, 1.807) is 18.0 Å². The van der Waals surface area contributed by atoms with Gasteiger partial charge in [0.05, 0.1) is 18.4 Å². The van der Waals surface area contributed by atoms with Crippen LogP contribution in [-0.4, -0.2) is 52.6 Å². The molecule has 8 heteroatoms. The summed E-state index contributed by atoms with van der Waals surface area (Å²) in [7, 11) is 1.59. The number of hydrogen-bond donors (Lipinski definition) is 1. The van der Waals surface area contributed by atoms with Crippen molar-refractivity contribution in [2.24, 2.45) is 0 Å². The van der Waals surface area contributed by atoms with E-state index in [0.29, 0.717) is 36.5 Å². The second-order valence-electron chi connectivity index (χ2n) is 7.95. The Hall–Kier alpha value is -3.94. The first-order chi connectivity index (χ1) is 16.0. The molecule has 1 N–H and O–H groups in total. The number of ether oxygens (including phenoxy) is 1. The predicted molar refractivity (Wildman–Crippen MR) is 123 cm³/mol. The largest absolute Gasteiger partial charge is 0.497 e. The summed E-state index contributed by atoms with van der Waals surface area (Å²) >= 11 is 0. The Morgan fingerprint density at radius 1 is 1.09 bits per heavy atom. The molecule has 170 valence electrons. The van der Waals surface area contributed by atoms with Gasteiger partial charge in [-0.25, -0.2) is 4.68 Å². The normalized spacial score (nSPS) is 13.5. The van der Waals surface area contributed by atoms with E-state index >= 15 is 0 Å². The lowest BCUT2D eigenvalue weighted by Gasteiger charge is -2.13. The lowest BCUT2D eigenvalue weighted by atomic mass is 10.1. The van der Waals surface area contributed by atoms with E-state index in [1.807, 2.05) is 55.5 Å². The van der Waals surface area contributed by atoms with Crippen LogP contribution in [-0.2, 0) is 9.59 Å². The number of methoxy groups -OCH3 is 1. The molecule has 4 rings (SSSR count). The average Bonchev–Trinajstić information content (AvgIpc) is 3.41. The molecule has 0 spiro atoms. The van der Waals surface area contributed by atoms with Crippen molar-refractivity contribution in [3.05, 3.63) is 65.9 Å². The molecule has 0 atom stereocenters.